The highest BCUT2D eigenvalue weighted by molar-refractivity contribution is 6.01. The van der Waals surface area contributed by atoms with Crippen LogP contribution < -0.4 is 5.32 Å². The van der Waals surface area contributed by atoms with Crippen LogP contribution in [0.5, 0.6) is 0 Å². The van der Waals surface area contributed by atoms with Crippen LogP contribution in [0, 0.1) is 0 Å². The van der Waals surface area contributed by atoms with Crippen LogP contribution in [0.2, 0.25) is 0 Å². The summed E-state index contributed by atoms with van der Waals surface area (Å²) in [6, 6.07) is 8.20. The van der Waals surface area contributed by atoms with Gasteiger partial charge < -0.3 is 19.7 Å². The van der Waals surface area contributed by atoms with Gasteiger partial charge in [-0.05, 0) is 51.8 Å². The Balaban J connectivity index is 2.19. The van der Waals surface area contributed by atoms with Gasteiger partial charge in [0.1, 0.15) is 11.3 Å². The number of hydrogen-bond acceptors (Lipinski definition) is 5. The lowest BCUT2D eigenvalue weighted by atomic mass is 10.1. The van der Waals surface area contributed by atoms with Crippen molar-refractivity contribution in [3.05, 3.63) is 47.7 Å². The number of benzene rings is 1. The molecule has 0 aliphatic carbocycles. The second-order valence-electron chi connectivity index (χ2n) is 7.28. The van der Waals surface area contributed by atoms with Crippen LogP contribution in [0.1, 0.15) is 44.0 Å². The Morgan fingerprint density at radius 2 is 1.85 bits per heavy atom. The number of rotatable bonds is 4. The molecule has 1 fully saturated rings. The third kappa shape index (κ3) is 5.84. The Kier molecular flexibility index (Phi) is 6.60. The van der Waals surface area contributed by atoms with Crippen molar-refractivity contribution < 1.29 is 23.9 Å². The lowest BCUT2D eigenvalue weighted by Gasteiger charge is -2.27. The summed E-state index contributed by atoms with van der Waals surface area (Å²) in [5.74, 6) is -1.09. The van der Waals surface area contributed by atoms with Crippen LogP contribution in [0.25, 0.3) is 0 Å². The molecule has 1 heterocycles. The van der Waals surface area contributed by atoms with Crippen LogP contribution in [-0.2, 0) is 14.3 Å². The summed E-state index contributed by atoms with van der Waals surface area (Å²) in [6.07, 6.45) is 2.56. The van der Waals surface area contributed by atoms with E-state index in [1.165, 1.54) is 7.11 Å². The first-order valence-electron chi connectivity index (χ1n) is 8.87. The summed E-state index contributed by atoms with van der Waals surface area (Å²) in [4.78, 5) is 38.5. The molecule has 2 amide bonds. The minimum Gasteiger partial charge on any atom is -0.464 e. The summed E-state index contributed by atoms with van der Waals surface area (Å²) >= 11 is 0. The van der Waals surface area contributed by atoms with E-state index in [4.69, 9.17) is 9.47 Å². The summed E-state index contributed by atoms with van der Waals surface area (Å²) in [5, 5.41) is 2.59. The number of esters is 1. The van der Waals surface area contributed by atoms with Gasteiger partial charge in [0.05, 0.1) is 13.2 Å². The average Bonchev–Trinajstić information content (AvgIpc) is 3.08. The zero-order valence-corrected chi connectivity index (χ0v) is 16.2. The van der Waals surface area contributed by atoms with Gasteiger partial charge in [-0.1, -0.05) is 18.2 Å². The molecule has 0 radical (unpaired) electrons. The largest absolute Gasteiger partial charge is 0.464 e. The van der Waals surface area contributed by atoms with E-state index in [1.807, 2.05) is 0 Å². The third-order valence-corrected chi connectivity index (χ3v) is 3.98. The molecule has 1 aliphatic rings. The van der Waals surface area contributed by atoms with E-state index < -0.39 is 23.6 Å². The first kappa shape index (κ1) is 20.5. The minimum absolute atomic E-state index is 0.00631. The molecule has 1 aromatic rings. The zero-order valence-electron chi connectivity index (χ0n) is 16.2. The Bertz CT molecular complexity index is 722. The molecule has 0 aromatic heterocycles. The average molecular weight is 374 g/mol. The number of nitrogens with one attached hydrogen (secondary N) is 1. The van der Waals surface area contributed by atoms with E-state index in [2.05, 4.69) is 5.32 Å². The quantitative estimate of drug-likeness (QED) is 0.647. The van der Waals surface area contributed by atoms with Crippen LogP contribution in [0.3, 0.4) is 0 Å². The van der Waals surface area contributed by atoms with Crippen molar-refractivity contribution in [2.45, 2.75) is 45.3 Å². The molecular formula is C20H26N2O5. The smallest absolute Gasteiger partial charge is 0.410 e. The normalized spacial score (nSPS) is 17.4. The van der Waals surface area contributed by atoms with Gasteiger partial charge in [0.25, 0.3) is 5.91 Å². The zero-order chi connectivity index (χ0) is 20.0. The van der Waals surface area contributed by atoms with E-state index >= 15 is 0 Å². The fraction of sp³-hybridized carbons (Fsp3) is 0.450. The lowest BCUT2D eigenvalue weighted by Crippen LogP contribution is -2.40. The van der Waals surface area contributed by atoms with Crippen molar-refractivity contribution in [2.75, 3.05) is 13.7 Å². The van der Waals surface area contributed by atoms with E-state index in [0.29, 0.717) is 18.5 Å². The Hall–Kier alpha value is -2.83. The van der Waals surface area contributed by atoms with E-state index in [9.17, 15) is 14.4 Å². The number of likely N-dealkylation sites (tertiary alicyclic amines) is 1. The van der Waals surface area contributed by atoms with Crippen molar-refractivity contribution in [3.8, 4) is 0 Å². The number of ether oxygens (including phenoxy) is 2. The summed E-state index contributed by atoms with van der Waals surface area (Å²) in [7, 11) is 1.24. The second-order valence-corrected chi connectivity index (χ2v) is 7.28. The number of methoxy groups -OCH3 is 1. The molecule has 146 valence electrons. The fourth-order valence-electron chi connectivity index (χ4n) is 2.76. The molecule has 1 saturated heterocycles. The van der Waals surface area contributed by atoms with Crippen molar-refractivity contribution >= 4 is 18.0 Å². The van der Waals surface area contributed by atoms with Crippen LogP contribution >= 0.6 is 0 Å². The molecule has 2 rings (SSSR count). The maximum atomic E-state index is 12.4. The first-order valence-corrected chi connectivity index (χ1v) is 8.87. The molecular weight excluding hydrogens is 348 g/mol. The number of nitrogens with zero attached hydrogens (tertiary/aromatic N) is 1. The van der Waals surface area contributed by atoms with Gasteiger partial charge in [-0.25, -0.2) is 9.59 Å². The van der Waals surface area contributed by atoms with Crippen LogP contribution in [0.4, 0.5) is 4.79 Å². The Morgan fingerprint density at radius 1 is 1.19 bits per heavy atom. The molecule has 7 heteroatoms. The maximum absolute atomic E-state index is 12.4. The third-order valence-electron chi connectivity index (χ3n) is 3.98. The van der Waals surface area contributed by atoms with Crippen LogP contribution in [-0.4, -0.2) is 48.2 Å². The molecule has 27 heavy (non-hydrogen) atoms. The molecule has 1 atom stereocenters. The Labute approximate surface area is 159 Å². The summed E-state index contributed by atoms with van der Waals surface area (Å²) in [6.45, 7) is 5.92. The molecule has 1 aliphatic heterocycles. The van der Waals surface area contributed by atoms with Crippen molar-refractivity contribution in [2.24, 2.45) is 0 Å². The molecule has 1 aromatic carbocycles. The topological polar surface area (TPSA) is 84.9 Å². The highest BCUT2D eigenvalue weighted by Gasteiger charge is 2.32. The van der Waals surface area contributed by atoms with Gasteiger partial charge in [0.15, 0.2) is 0 Å². The monoisotopic (exact) mass is 374 g/mol. The fourth-order valence-corrected chi connectivity index (χ4v) is 2.76. The van der Waals surface area contributed by atoms with E-state index in [1.54, 1.807) is 62.1 Å². The molecule has 0 saturated carbocycles. The Morgan fingerprint density at radius 3 is 2.44 bits per heavy atom. The minimum atomic E-state index is -0.671. The van der Waals surface area contributed by atoms with Crippen molar-refractivity contribution in [1.82, 2.24) is 10.2 Å². The number of amides is 2. The number of hydrogen-bond donors (Lipinski definition) is 1. The van der Waals surface area contributed by atoms with Crippen molar-refractivity contribution in [3.63, 3.8) is 0 Å². The molecule has 1 N–H and O–H groups in total. The van der Waals surface area contributed by atoms with Crippen molar-refractivity contribution in [1.29, 1.82) is 0 Å². The van der Waals surface area contributed by atoms with Gasteiger partial charge in [0, 0.05) is 12.1 Å². The maximum Gasteiger partial charge on any atom is 0.410 e. The van der Waals surface area contributed by atoms with E-state index in [0.717, 1.165) is 6.42 Å². The predicted octanol–water partition coefficient (Wildman–Crippen LogP) is 2.87. The van der Waals surface area contributed by atoms with Gasteiger partial charge >= 0.3 is 12.1 Å². The van der Waals surface area contributed by atoms with Crippen LogP contribution in [0.15, 0.2) is 42.1 Å². The molecule has 0 bridgehead atoms. The predicted molar refractivity (Wildman–Crippen MR) is 100.0 cm³/mol. The lowest BCUT2D eigenvalue weighted by molar-refractivity contribution is -0.136. The summed E-state index contributed by atoms with van der Waals surface area (Å²) < 4.78 is 10.2. The highest BCUT2D eigenvalue weighted by atomic mass is 16.6. The van der Waals surface area contributed by atoms with Gasteiger partial charge in [0.2, 0.25) is 0 Å². The first-order chi connectivity index (χ1) is 12.7. The highest BCUT2D eigenvalue weighted by Crippen LogP contribution is 2.22. The molecule has 0 unspecified atom stereocenters. The SMILES string of the molecule is COC(=O)/C(=C/[C@H]1CCCN1C(=O)OC(C)(C)C)NC(=O)c1ccccc1. The van der Waals surface area contributed by atoms with E-state index in [-0.39, 0.29) is 11.7 Å². The van der Waals surface area contributed by atoms with Gasteiger partial charge in [-0.15, -0.1) is 0 Å². The standard InChI is InChI=1S/C20H26N2O5/c1-20(2,3)27-19(25)22-12-8-11-15(22)13-16(18(24)26-4)21-17(23)14-9-6-5-7-10-14/h5-7,9-10,13,15H,8,11-12H2,1-4H3,(H,21,23)/b16-13-/t15-/m1/s1. The van der Waals surface area contributed by atoms with Gasteiger partial charge in [-0.2, -0.15) is 0 Å². The number of carbonyl (C=O) groups is 3. The molecule has 7 nitrogen and oxygen atoms in total. The summed E-state index contributed by atoms with van der Waals surface area (Å²) in [5.41, 5.74) is -0.185. The number of carbonyl (C=O) groups excluding carboxylic acids is 3. The van der Waals surface area contributed by atoms with Gasteiger partial charge in [-0.3, -0.25) is 4.79 Å². The second kappa shape index (κ2) is 8.70. The molecule has 0 spiro atoms.